The Hall–Kier alpha value is -1.63. The summed E-state index contributed by atoms with van der Waals surface area (Å²) in [6.45, 7) is 0.276. The molecule has 1 heterocycles. The smallest absolute Gasteiger partial charge is 0.329 e. The number of rotatable bonds is 3. The van der Waals surface area contributed by atoms with Gasteiger partial charge in [-0.05, 0) is 12.8 Å². The highest BCUT2D eigenvalue weighted by Gasteiger charge is 2.52. The van der Waals surface area contributed by atoms with Gasteiger partial charge in [-0.15, -0.1) is 0 Å². The van der Waals surface area contributed by atoms with Gasteiger partial charge in [-0.25, -0.2) is 4.79 Å². The fourth-order valence-electron chi connectivity index (χ4n) is 1.59. The summed E-state index contributed by atoms with van der Waals surface area (Å²) in [4.78, 5) is 33.4. The van der Waals surface area contributed by atoms with Crippen molar-refractivity contribution in [2.45, 2.75) is 24.4 Å². The molecule has 2 rings (SSSR count). The molecule has 16 heavy (non-hydrogen) atoms. The summed E-state index contributed by atoms with van der Waals surface area (Å²) >= 11 is 0. The Balaban J connectivity index is 1.89. The van der Waals surface area contributed by atoms with Crippen LogP contribution < -0.4 is 16.0 Å². The van der Waals surface area contributed by atoms with Gasteiger partial charge in [0.15, 0.2) is 0 Å². The molecular weight excluding hydrogens is 214 g/mol. The van der Waals surface area contributed by atoms with Crippen molar-refractivity contribution in [1.29, 1.82) is 0 Å². The van der Waals surface area contributed by atoms with Crippen LogP contribution in [0.2, 0.25) is 0 Å². The van der Waals surface area contributed by atoms with Crippen molar-refractivity contribution < 1.29 is 19.5 Å². The van der Waals surface area contributed by atoms with E-state index in [9.17, 15) is 14.4 Å². The van der Waals surface area contributed by atoms with Crippen molar-refractivity contribution >= 4 is 17.8 Å². The molecule has 0 aromatic carbocycles. The fraction of sp³-hybridized carbons (Fsp3) is 0.667. The van der Waals surface area contributed by atoms with Gasteiger partial charge < -0.3 is 15.7 Å². The van der Waals surface area contributed by atoms with E-state index in [-0.39, 0.29) is 24.9 Å². The van der Waals surface area contributed by atoms with E-state index in [2.05, 4.69) is 16.0 Å². The maximum atomic E-state index is 11.7. The van der Waals surface area contributed by atoms with Gasteiger partial charge in [0, 0.05) is 6.54 Å². The van der Waals surface area contributed by atoms with Crippen molar-refractivity contribution in [1.82, 2.24) is 16.0 Å². The molecule has 1 aliphatic heterocycles. The van der Waals surface area contributed by atoms with Crippen LogP contribution in [0.5, 0.6) is 0 Å². The number of piperazine rings is 1. The highest BCUT2D eigenvalue weighted by molar-refractivity contribution is 5.93. The molecule has 1 aliphatic carbocycles. The van der Waals surface area contributed by atoms with Gasteiger partial charge in [-0.1, -0.05) is 0 Å². The van der Waals surface area contributed by atoms with E-state index in [1.807, 2.05) is 0 Å². The molecule has 7 heteroatoms. The second-order valence-corrected chi connectivity index (χ2v) is 4.11. The Kier molecular flexibility index (Phi) is 2.55. The Morgan fingerprint density at radius 3 is 2.56 bits per heavy atom. The summed E-state index contributed by atoms with van der Waals surface area (Å²) in [5.74, 6) is -1.54. The van der Waals surface area contributed by atoms with Gasteiger partial charge in [0.2, 0.25) is 11.8 Å². The minimum atomic E-state index is -1.07. The van der Waals surface area contributed by atoms with E-state index in [4.69, 9.17) is 5.11 Å². The first-order valence-electron chi connectivity index (χ1n) is 5.09. The fourth-order valence-corrected chi connectivity index (χ4v) is 1.59. The second kappa shape index (κ2) is 3.75. The lowest BCUT2D eigenvalue weighted by Crippen LogP contribution is -2.60. The molecule has 7 nitrogen and oxygen atoms in total. The number of aliphatic carboxylic acids is 1. The van der Waals surface area contributed by atoms with E-state index in [0.717, 1.165) is 0 Å². The zero-order valence-corrected chi connectivity index (χ0v) is 8.58. The highest BCUT2D eigenvalue weighted by Crippen LogP contribution is 2.35. The third-order valence-corrected chi connectivity index (χ3v) is 2.85. The number of carbonyl (C=O) groups excluding carboxylic acids is 2. The van der Waals surface area contributed by atoms with Crippen molar-refractivity contribution in [2.24, 2.45) is 0 Å². The van der Waals surface area contributed by atoms with Crippen molar-refractivity contribution in [2.75, 3.05) is 13.1 Å². The standard InChI is InChI=1S/C9H13N3O4/c13-6-4-10-5(3-11-6)7(14)12-9(1-2-9)8(15)16/h5,10H,1-4H2,(H,11,13)(H,12,14)(H,15,16). The van der Waals surface area contributed by atoms with E-state index in [1.54, 1.807) is 0 Å². The molecule has 1 atom stereocenters. The monoisotopic (exact) mass is 227 g/mol. The molecule has 2 amide bonds. The van der Waals surface area contributed by atoms with Crippen LogP contribution in [-0.4, -0.2) is 47.6 Å². The number of carboxylic acid groups (broad SMARTS) is 1. The van der Waals surface area contributed by atoms with Crippen molar-refractivity contribution in [3.63, 3.8) is 0 Å². The summed E-state index contributed by atoms with van der Waals surface area (Å²) < 4.78 is 0. The van der Waals surface area contributed by atoms with Gasteiger partial charge in [0.05, 0.1) is 6.54 Å². The Labute approximate surface area is 91.6 Å². The molecule has 1 saturated heterocycles. The van der Waals surface area contributed by atoms with Crippen LogP contribution in [0.15, 0.2) is 0 Å². The topological polar surface area (TPSA) is 108 Å². The summed E-state index contributed by atoms with van der Waals surface area (Å²) in [7, 11) is 0. The molecule has 0 bridgehead atoms. The van der Waals surface area contributed by atoms with Crippen LogP contribution in [0.4, 0.5) is 0 Å². The zero-order chi connectivity index (χ0) is 11.8. The van der Waals surface area contributed by atoms with E-state index in [1.165, 1.54) is 0 Å². The van der Waals surface area contributed by atoms with Crippen molar-refractivity contribution in [3.05, 3.63) is 0 Å². The van der Waals surface area contributed by atoms with Gasteiger partial charge in [0.1, 0.15) is 11.6 Å². The number of carboxylic acids is 1. The van der Waals surface area contributed by atoms with Gasteiger partial charge in [-0.2, -0.15) is 0 Å². The Morgan fingerprint density at radius 1 is 1.44 bits per heavy atom. The molecule has 0 radical (unpaired) electrons. The molecule has 0 aromatic rings. The third kappa shape index (κ3) is 1.99. The first kappa shape index (κ1) is 10.9. The Morgan fingerprint density at radius 2 is 2.12 bits per heavy atom. The number of carbonyl (C=O) groups is 3. The largest absolute Gasteiger partial charge is 0.480 e. The molecule has 1 unspecified atom stereocenters. The summed E-state index contributed by atoms with van der Waals surface area (Å²) in [6.07, 6.45) is 0.931. The molecule has 4 N–H and O–H groups in total. The normalized spacial score (nSPS) is 26.8. The van der Waals surface area contributed by atoms with Crippen LogP contribution in [0.1, 0.15) is 12.8 Å². The molecule has 88 valence electrons. The van der Waals surface area contributed by atoms with Crippen LogP contribution in [-0.2, 0) is 14.4 Å². The van der Waals surface area contributed by atoms with E-state index >= 15 is 0 Å². The SMILES string of the molecule is O=C1CNC(C(=O)NC2(C(=O)O)CC2)CN1. The van der Waals surface area contributed by atoms with Crippen LogP contribution in [0.3, 0.4) is 0 Å². The second-order valence-electron chi connectivity index (χ2n) is 4.11. The summed E-state index contributed by atoms with van der Waals surface area (Å²) in [5.41, 5.74) is -1.07. The molecule has 1 saturated carbocycles. The van der Waals surface area contributed by atoms with Gasteiger partial charge in [-0.3, -0.25) is 14.9 Å². The predicted molar refractivity (Wildman–Crippen MR) is 52.5 cm³/mol. The maximum absolute atomic E-state index is 11.7. The minimum absolute atomic E-state index is 0.0815. The first-order chi connectivity index (χ1) is 7.53. The Bertz CT molecular complexity index is 341. The zero-order valence-electron chi connectivity index (χ0n) is 8.58. The van der Waals surface area contributed by atoms with Gasteiger partial charge in [0.25, 0.3) is 0 Å². The highest BCUT2D eigenvalue weighted by atomic mass is 16.4. The molecule has 0 aromatic heterocycles. The number of hydrogen-bond donors (Lipinski definition) is 4. The summed E-state index contributed by atoms with van der Waals surface area (Å²) in [6, 6.07) is -0.547. The van der Waals surface area contributed by atoms with E-state index < -0.39 is 17.6 Å². The van der Waals surface area contributed by atoms with Crippen molar-refractivity contribution in [3.8, 4) is 0 Å². The van der Waals surface area contributed by atoms with E-state index in [0.29, 0.717) is 12.8 Å². The average Bonchev–Trinajstić information content (AvgIpc) is 3.00. The quantitative estimate of drug-likeness (QED) is 0.438. The molecular formula is C9H13N3O4. The minimum Gasteiger partial charge on any atom is -0.480 e. The molecule has 2 fully saturated rings. The maximum Gasteiger partial charge on any atom is 0.329 e. The first-order valence-corrected chi connectivity index (χ1v) is 5.09. The lowest BCUT2D eigenvalue weighted by molar-refractivity contribution is -0.143. The molecule has 0 spiro atoms. The average molecular weight is 227 g/mol. The van der Waals surface area contributed by atoms with Crippen LogP contribution in [0.25, 0.3) is 0 Å². The van der Waals surface area contributed by atoms with Crippen LogP contribution in [0, 0.1) is 0 Å². The van der Waals surface area contributed by atoms with Gasteiger partial charge >= 0.3 is 5.97 Å². The summed E-state index contributed by atoms with van der Waals surface area (Å²) in [5, 5.41) is 16.7. The number of hydrogen-bond acceptors (Lipinski definition) is 4. The lowest BCUT2D eigenvalue weighted by atomic mass is 10.2. The molecule has 2 aliphatic rings. The van der Waals surface area contributed by atoms with Crippen LogP contribution >= 0.6 is 0 Å². The number of nitrogens with one attached hydrogen (secondary N) is 3. The predicted octanol–water partition coefficient (Wildman–Crippen LogP) is -2.19. The number of amides is 2. The lowest BCUT2D eigenvalue weighted by Gasteiger charge is -2.24. The third-order valence-electron chi connectivity index (χ3n) is 2.85.